The van der Waals surface area contributed by atoms with Gasteiger partial charge in [0.2, 0.25) is 15.9 Å². The second kappa shape index (κ2) is 8.64. The van der Waals surface area contributed by atoms with Crippen LogP contribution in [0, 0.1) is 19.7 Å². The van der Waals surface area contributed by atoms with Crippen molar-refractivity contribution in [2.24, 2.45) is 0 Å². The number of carbonyl (C=O) groups is 1. The molecule has 0 aliphatic carbocycles. The molecule has 0 saturated carbocycles. The summed E-state index contributed by atoms with van der Waals surface area (Å²) in [7, 11) is -2.63. The first-order chi connectivity index (χ1) is 15.9. The Kier molecular flexibility index (Phi) is 6.13. The van der Waals surface area contributed by atoms with E-state index in [4.69, 9.17) is 16.0 Å². The van der Waals surface area contributed by atoms with Crippen LogP contribution in [0.15, 0.2) is 38.4 Å². The van der Waals surface area contributed by atoms with Crippen molar-refractivity contribution in [3.63, 3.8) is 0 Å². The first-order valence-electron chi connectivity index (χ1n) is 10.3. The van der Waals surface area contributed by atoms with Crippen molar-refractivity contribution >= 4 is 33.1 Å². The number of hydrogen-bond donors (Lipinski definition) is 1. The van der Waals surface area contributed by atoms with E-state index >= 15 is 0 Å². The molecule has 1 aromatic heterocycles. The van der Waals surface area contributed by atoms with E-state index in [1.165, 1.54) is 25.1 Å². The van der Waals surface area contributed by atoms with Gasteiger partial charge in [-0.3, -0.25) is 4.79 Å². The summed E-state index contributed by atoms with van der Waals surface area (Å²) in [5.41, 5.74) is 2.02. The van der Waals surface area contributed by atoms with Gasteiger partial charge in [-0.25, -0.2) is 22.7 Å². The zero-order valence-corrected chi connectivity index (χ0v) is 20.4. The lowest BCUT2D eigenvalue weighted by atomic mass is 9.97. The topological polar surface area (TPSA) is 117 Å². The van der Waals surface area contributed by atoms with E-state index < -0.39 is 27.6 Å². The number of ketones is 1. The van der Waals surface area contributed by atoms with E-state index in [-0.39, 0.29) is 51.5 Å². The molecule has 9 nitrogen and oxygen atoms in total. The molecular formula is C22H22ClFN4O5S. The Bertz CT molecular complexity index is 1470. The number of nitrogens with zero attached hydrogens (tertiary/aromatic N) is 3. The number of aromatic nitrogens is 2. The van der Waals surface area contributed by atoms with Crippen LogP contribution < -0.4 is 10.7 Å². The lowest BCUT2D eigenvalue weighted by molar-refractivity contribution is 0.101. The molecule has 0 saturated heterocycles. The van der Waals surface area contributed by atoms with Gasteiger partial charge in [0.25, 0.3) is 0 Å². The SMILES string of the molecule is CC(=O)c1c(Cl)ccc2c1N(C)CN([C@@H](Cc1c(F)ccc(C)c1C)c1n[nH]c(=O)o1)S2(=O)=O. The Labute approximate surface area is 200 Å². The maximum absolute atomic E-state index is 14.8. The van der Waals surface area contributed by atoms with Crippen LogP contribution in [0.4, 0.5) is 10.1 Å². The average molecular weight is 509 g/mol. The summed E-state index contributed by atoms with van der Waals surface area (Å²) >= 11 is 6.21. The summed E-state index contributed by atoms with van der Waals surface area (Å²) < 4.78 is 48.6. The molecule has 0 amide bonds. The maximum Gasteiger partial charge on any atom is 0.434 e. The molecule has 2 aromatic carbocycles. The molecule has 34 heavy (non-hydrogen) atoms. The van der Waals surface area contributed by atoms with Crippen molar-refractivity contribution in [1.82, 2.24) is 14.5 Å². The van der Waals surface area contributed by atoms with Gasteiger partial charge >= 0.3 is 5.76 Å². The second-order valence-corrected chi connectivity index (χ2v) is 10.5. The largest absolute Gasteiger partial charge is 0.434 e. The van der Waals surface area contributed by atoms with Crippen LogP contribution in [0.5, 0.6) is 0 Å². The smallest absolute Gasteiger partial charge is 0.391 e. The Balaban J connectivity index is 1.91. The molecular weight excluding hydrogens is 487 g/mol. The highest BCUT2D eigenvalue weighted by molar-refractivity contribution is 7.89. The van der Waals surface area contributed by atoms with Gasteiger partial charge in [-0.2, -0.15) is 4.31 Å². The van der Waals surface area contributed by atoms with Gasteiger partial charge in [-0.15, -0.1) is 5.10 Å². The number of sulfonamides is 1. The molecule has 1 aliphatic heterocycles. The summed E-state index contributed by atoms with van der Waals surface area (Å²) in [6.45, 7) is 4.64. The summed E-state index contributed by atoms with van der Waals surface area (Å²) in [6.07, 6.45) is -0.136. The number of aryl methyl sites for hydroxylation is 1. The molecule has 1 aliphatic rings. The molecule has 3 aromatic rings. The van der Waals surface area contributed by atoms with Crippen molar-refractivity contribution in [2.45, 2.75) is 38.1 Å². The van der Waals surface area contributed by atoms with E-state index in [0.717, 1.165) is 9.87 Å². The van der Waals surface area contributed by atoms with E-state index in [0.29, 0.717) is 5.56 Å². The third kappa shape index (κ3) is 3.93. The molecule has 1 atom stereocenters. The number of hydrogen-bond acceptors (Lipinski definition) is 7. The molecule has 0 radical (unpaired) electrons. The third-order valence-electron chi connectivity index (χ3n) is 6.06. The summed E-state index contributed by atoms with van der Waals surface area (Å²) in [6, 6.07) is 4.46. The highest BCUT2D eigenvalue weighted by atomic mass is 35.5. The van der Waals surface area contributed by atoms with Crippen molar-refractivity contribution in [3.05, 3.63) is 73.8 Å². The van der Waals surface area contributed by atoms with Crippen LogP contribution >= 0.6 is 11.6 Å². The quantitative estimate of drug-likeness (QED) is 0.525. The van der Waals surface area contributed by atoms with Crippen LogP contribution in [0.3, 0.4) is 0 Å². The zero-order chi connectivity index (χ0) is 24.9. The lowest BCUT2D eigenvalue weighted by Crippen LogP contribution is -2.47. The number of aromatic amines is 1. The fourth-order valence-electron chi connectivity index (χ4n) is 4.20. The summed E-state index contributed by atoms with van der Waals surface area (Å²) in [5.74, 6) is -1.97. The van der Waals surface area contributed by atoms with Gasteiger partial charge in [0.05, 0.1) is 22.9 Å². The fourth-order valence-corrected chi connectivity index (χ4v) is 6.30. The van der Waals surface area contributed by atoms with Gasteiger partial charge < -0.3 is 9.32 Å². The minimum Gasteiger partial charge on any atom is -0.391 e. The number of carbonyl (C=O) groups excluding carboxylic acids is 1. The predicted molar refractivity (Wildman–Crippen MR) is 123 cm³/mol. The minimum atomic E-state index is -4.24. The van der Waals surface area contributed by atoms with E-state index in [2.05, 4.69) is 10.2 Å². The number of nitrogens with one attached hydrogen (secondary N) is 1. The normalized spacial score (nSPS) is 16.4. The minimum absolute atomic E-state index is 0.0910. The monoisotopic (exact) mass is 508 g/mol. The maximum atomic E-state index is 14.8. The standard InChI is InChI=1S/C22H22ClFN4O5S/c1-11-5-7-16(24)14(12(11)2)9-17(21-25-26-22(30)33-21)28-10-27(4)20-18(34(28,31)32)8-6-15(23)19(20)13(3)29/h5-8,17H,9-10H2,1-4H3,(H,26,30)/t17-/m0/s1. The lowest BCUT2D eigenvalue weighted by Gasteiger charge is -2.39. The Morgan fingerprint density at radius 1 is 1.29 bits per heavy atom. The number of H-pyrrole nitrogens is 1. The molecule has 0 bridgehead atoms. The van der Waals surface area contributed by atoms with E-state index in [1.54, 1.807) is 24.9 Å². The van der Waals surface area contributed by atoms with E-state index in [9.17, 15) is 22.4 Å². The first-order valence-corrected chi connectivity index (χ1v) is 12.1. The molecule has 4 rings (SSSR count). The highest BCUT2D eigenvalue weighted by Crippen LogP contribution is 2.42. The van der Waals surface area contributed by atoms with Crippen LogP contribution in [0.2, 0.25) is 5.02 Å². The van der Waals surface area contributed by atoms with Crippen LogP contribution in [0.25, 0.3) is 0 Å². The Morgan fingerprint density at radius 3 is 2.62 bits per heavy atom. The molecule has 12 heteroatoms. The van der Waals surface area contributed by atoms with Crippen molar-refractivity contribution in [1.29, 1.82) is 0 Å². The molecule has 180 valence electrons. The van der Waals surface area contributed by atoms with Crippen molar-refractivity contribution in [3.8, 4) is 0 Å². The van der Waals surface area contributed by atoms with Crippen LogP contribution in [0.1, 0.15) is 45.9 Å². The van der Waals surface area contributed by atoms with Gasteiger partial charge in [0, 0.05) is 13.5 Å². The predicted octanol–water partition coefficient (Wildman–Crippen LogP) is 3.36. The molecule has 0 spiro atoms. The number of anilines is 1. The second-order valence-electron chi connectivity index (χ2n) is 8.20. The van der Waals surface area contributed by atoms with Gasteiger partial charge in [-0.1, -0.05) is 17.7 Å². The number of Topliss-reactive ketones (excluding diaryl/α,β-unsaturated/α-hetero) is 1. The summed E-state index contributed by atoms with van der Waals surface area (Å²) in [4.78, 5) is 25.4. The van der Waals surface area contributed by atoms with Crippen LogP contribution in [-0.4, -0.2) is 42.4 Å². The zero-order valence-electron chi connectivity index (χ0n) is 18.8. The number of halogens is 2. The van der Waals surface area contributed by atoms with Crippen molar-refractivity contribution < 1.29 is 22.0 Å². The fraction of sp³-hybridized carbons (Fsp3) is 0.318. The Hall–Kier alpha value is -3.02. The van der Waals surface area contributed by atoms with Crippen molar-refractivity contribution in [2.75, 3.05) is 18.6 Å². The third-order valence-corrected chi connectivity index (χ3v) is 8.25. The number of rotatable bonds is 5. The molecule has 0 fully saturated rings. The highest BCUT2D eigenvalue weighted by Gasteiger charge is 2.43. The molecule has 0 unspecified atom stereocenters. The van der Waals surface area contributed by atoms with Gasteiger partial charge in [0.1, 0.15) is 16.8 Å². The average Bonchev–Trinajstić information content (AvgIpc) is 3.19. The number of benzene rings is 2. The van der Waals surface area contributed by atoms with Gasteiger partial charge in [0.15, 0.2) is 5.78 Å². The van der Waals surface area contributed by atoms with E-state index in [1.807, 2.05) is 6.92 Å². The molecule has 1 N–H and O–H groups in total. The van der Waals surface area contributed by atoms with Gasteiger partial charge in [-0.05, 0) is 55.7 Å². The Morgan fingerprint density at radius 2 is 2.00 bits per heavy atom. The first kappa shape index (κ1) is 24.1. The molecule has 2 heterocycles. The summed E-state index contributed by atoms with van der Waals surface area (Å²) in [5, 5.41) is 6.12. The number of fused-ring (bicyclic) bond motifs is 1. The van der Waals surface area contributed by atoms with Crippen LogP contribution in [-0.2, 0) is 16.4 Å².